The molecule has 1 N–H and O–H groups in total. The lowest BCUT2D eigenvalue weighted by molar-refractivity contribution is 0.0702. The SMILES string of the molecule is Cc1scc2sc(C(=O)O)cc12. The van der Waals surface area contributed by atoms with Gasteiger partial charge in [-0.05, 0) is 13.0 Å². The topological polar surface area (TPSA) is 37.3 Å². The molecule has 0 saturated heterocycles. The van der Waals surface area contributed by atoms with Gasteiger partial charge in [-0.25, -0.2) is 4.79 Å². The number of hydrogen-bond acceptors (Lipinski definition) is 3. The molecule has 0 bridgehead atoms. The summed E-state index contributed by atoms with van der Waals surface area (Å²) >= 11 is 3.00. The standard InChI is InChI=1S/C8H6O2S2/c1-4-5-2-6(8(9)10)12-7(5)3-11-4/h2-3H,1H3,(H,9,10). The molecule has 0 unspecified atom stereocenters. The molecule has 0 aliphatic carbocycles. The van der Waals surface area contributed by atoms with E-state index in [9.17, 15) is 4.79 Å². The lowest BCUT2D eigenvalue weighted by atomic mass is 10.3. The fourth-order valence-electron chi connectivity index (χ4n) is 1.08. The third-order valence-electron chi connectivity index (χ3n) is 1.69. The first-order valence-electron chi connectivity index (χ1n) is 3.39. The van der Waals surface area contributed by atoms with Crippen molar-refractivity contribution in [2.75, 3.05) is 0 Å². The van der Waals surface area contributed by atoms with Gasteiger partial charge in [-0.2, -0.15) is 0 Å². The monoisotopic (exact) mass is 198 g/mol. The fraction of sp³-hybridized carbons (Fsp3) is 0.125. The van der Waals surface area contributed by atoms with Gasteiger partial charge in [0.1, 0.15) is 4.88 Å². The van der Waals surface area contributed by atoms with Crippen LogP contribution in [0.25, 0.3) is 10.1 Å². The van der Waals surface area contributed by atoms with Gasteiger partial charge in [0.05, 0.1) is 0 Å². The lowest BCUT2D eigenvalue weighted by Gasteiger charge is -1.81. The summed E-state index contributed by atoms with van der Waals surface area (Å²) in [7, 11) is 0. The predicted molar refractivity (Wildman–Crippen MR) is 51.4 cm³/mol. The third kappa shape index (κ3) is 1.04. The molecule has 0 saturated carbocycles. The maximum atomic E-state index is 10.6. The van der Waals surface area contributed by atoms with E-state index in [4.69, 9.17) is 5.11 Å². The average Bonchev–Trinajstić information content (AvgIpc) is 2.53. The van der Waals surface area contributed by atoms with Crippen LogP contribution in [-0.2, 0) is 0 Å². The van der Waals surface area contributed by atoms with E-state index in [1.807, 2.05) is 12.3 Å². The number of fused-ring (bicyclic) bond motifs is 1. The first kappa shape index (κ1) is 7.76. The Bertz CT molecular complexity index is 439. The van der Waals surface area contributed by atoms with Gasteiger partial charge in [0.2, 0.25) is 0 Å². The highest BCUT2D eigenvalue weighted by Crippen LogP contribution is 2.32. The first-order valence-corrected chi connectivity index (χ1v) is 5.09. The molecule has 12 heavy (non-hydrogen) atoms. The van der Waals surface area contributed by atoms with E-state index in [2.05, 4.69) is 0 Å². The largest absolute Gasteiger partial charge is 0.477 e. The Balaban J connectivity index is 2.70. The smallest absolute Gasteiger partial charge is 0.345 e. The normalized spacial score (nSPS) is 10.8. The van der Waals surface area contributed by atoms with Crippen molar-refractivity contribution in [1.82, 2.24) is 0 Å². The Morgan fingerprint density at radius 2 is 2.33 bits per heavy atom. The average molecular weight is 198 g/mol. The van der Waals surface area contributed by atoms with Gasteiger partial charge in [0.15, 0.2) is 0 Å². The van der Waals surface area contributed by atoms with Crippen LogP contribution >= 0.6 is 22.7 Å². The van der Waals surface area contributed by atoms with E-state index in [0.29, 0.717) is 4.88 Å². The maximum Gasteiger partial charge on any atom is 0.345 e. The Morgan fingerprint density at radius 3 is 2.92 bits per heavy atom. The highest BCUT2D eigenvalue weighted by atomic mass is 32.1. The highest BCUT2D eigenvalue weighted by Gasteiger charge is 2.10. The van der Waals surface area contributed by atoms with Crippen LogP contribution in [0.5, 0.6) is 0 Å². The lowest BCUT2D eigenvalue weighted by Crippen LogP contribution is -1.89. The van der Waals surface area contributed by atoms with Crippen LogP contribution in [-0.4, -0.2) is 11.1 Å². The van der Waals surface area contributed by atoms with Crippen molar-refractivity contribution >= 4 is 38.7 Å². The summed E-state index contributed by atoms with van der Waals surface area (Å²) in [6.07, 6.45) is 0. The molecule has 0 spiro atoms. The van der Waals surface area contributed by atoms with E-state index in [1.165, 1.54) is 16.2 Å². The molecule has 2 nitrogen and oxygen atoms in total. The first-order chi connectivity index (χ1) is 5.68. The zero-order valence-electron chi connectivity index (χ0n) is 6.33. The van der Waals surface area contributed by atoms with Gasteiger partial charge in [0.25, 0.3) is 0 Å². The molecule has 2 heterocycles. The second kappa shape index (κ2) is 2.57. The molecule has 2 rings (SSSR count). The van der Waals surface area contributed by atoms with E-state index in [-0.39, 0.29) is 0 Å². The summed E-state index contributed by atoms with van der Waals surface area (Å²) in [6, 6.07) is 1.74. The van der Waals surface area contributed by atoms with Crippen molar-refractivity contribution in [3.8, 4) is 0 Å². The molecule has 62 valence electrons. The van der Waals surface area contributed by atoms with Crippen molar-refractivity contribution in [1.29, 1.82) is 0 Å². The molecule has 0 aliphatic heterocycles. The number of rotatable bonds is 1. The second-order valence-electron chi connectivity index (χ2n) is 2.49. The highest BCUT2D eigenvalue weighted by molar-refractivity contribution is 7.24. The molecular weight excluding hydrogens is 192 g/mol. The van der Waals surface area contributed by atoms with E-state index in [0.717, 1.165) is 10.1 Å². The van der Waals surface area contributed by atoms with E-state index in [1.54, 1.807) is 17.4 Å². The molecule has 2 aromatic heterocycles. The van der Waals surface area contributed by atoms with Crippen molar-refractivity contribution in [2.45, 2.75) is 6.92 Å². The Morgan fingerprint density at radius 1 is 1.58 bits per heavy atom. The van der Waals surface area contributed by atoms with Crippen LogP contribution in [0.4, 0.5) is 0 Å². The van der Waals surface area contributed by atoms with Gasteiger partial charge in [-0.15, -0.1) is 22.7 Å². The summed E-state index contributed by atoms with van der Waals surface area (Å²) in [5.74, 6) is -0.833. The predicted octanol–water partition coefficient (Wildman–Crippen LogP) is 2.97. The van der Waals surface area contributed by atoms with Crippen LogP contribution in [0, 0.1) is 6.92 Å². The fourth-order valence-corrected chi connectivity index (χ4v) is 3.01. The quantitative estimate of drug-likeness (QED) is 0.764. The van der Waals surface area contributed by atoms with Gasteiger partial charge in [0, 0.05) is 20.3 Å². The molecule has 0 fully saturated rings. The number of aryl methyl sites for hydroxylation is 1. The summed E-state index contributed by atoms with van der Waals surface area (Å²) in [4.78, 5) is 12.2. The van der Waals surface area contributed by atoms with Gasteiger partial charge >= 0.3 is 5.97 Å². The summed E-state index contributed by atoms with van der Waals surface area (Å²) in [5, 5.41) is 11.8. The van der Waals surface area contributed by atoms with Gasteiger partial charge < -0.3 is 5.11 Å². The zero-order chi connectivity index (χ0) is 8.72. The van der Waals surface area contributed by atoms with Crippen LogP contribution in [0.2, 0.25) is 0 Å². The summed E-state index contributed by atoms with van der Waals surface area (Å²) in [5.41, 5.74) is 0. The van der Waals surface area contributed by atoms with Crippen LogP contribution in [0.3, 0.4) is 0 Å². The Kier molecular flexibility index (Phi) is 1.66. The van der Waals surface area contributed by atoms with Crippen molar-refractivity contribution < 1.29 is 9.90 Å². The molecule has 0 amide bonds. The molecule has 0 aromatic carbocycles. The van der Waals surface area contributed by atoms with E-state index < -0.39 is 5.97 Å². The Hall–Kier alpha value is -0.870. The molecular formula is C8H6O2S2. The number of thiophene rings is 2. The van der Waals surface area contributed by atoms with Crippen LogP contribution < -0.4 is 0 Å². The second-order valence-corrected chi connectivity index (χ2v) is 4.65. The third-order valence-corrected chi connectivity index (χ3v) is 3.84. The Labute approximate surface area is 77.1 Å². The van der Waals surface area contributed by atoms with Gasteiger partial charge in [-0.1, -0.05) is 0 Å². The zero-order valence-corrected chi connectivity index (χ0v) is 7.96. The molecule has 0 radical (unpaired) electrons. The number of carboxylic acid groups (broad SMARTS) is 1. The maximum absolute atomic E-state index is 10.6. The van der Waals surface area contributed by atoms with Crippen LogP contribution in [0.15, 0.2) is 11.4 Å². The van der Waals surface area contributed by atoms with Gasteiger partial charge in [-0.3, -0.25) is 0 Å². The van der Waals surface area contributed by atoms with Crippen LogP contribution in [0.1, 0.15) is 14.5 Å². The minimum Gasteiger partial charge on any atom is -0.477 e. The minimum atomic E-state index is -0.833. The summed E-state index contributed by atoms with van der Waals surface area (Å²) in [6.45, 7) is 2.01. The van der Waals surface area contributed by atoms with Crippen molar-refractivity contribution in [3.63, 3.8) is 0 Å². The van der Waals surface area contributed by atoms with Crippen molar-refractivity contribution in [3.05, 3.63) is 21.2 Å². The molecule has 4 heteroatoms. The number of aromatic carboxylic acids is 1. The van der Waals surface area contributed by atoms with E-state index >= 15 is 0 Å². The molecule has 0 aliphatic rings. The molecule has 0 atom stereocenters. The molecule has 2 aromatic rings. The van der Waals surface area contributed by atoms with Crippen molar-refractivity contribution in [2.24, 2.45) is 0 Å². The summed E-state index contributed by atoms with van der Waals surface area (Å²) < 4.78 is 1.08. The minimum absolute atomic E-state index is 0.427. The number of hydrogen-bond donors (Lipinski definition) is 1. The number of carboxylic acids is 1. The number of carbonyl (C=O) groups is 1.